The molecule has 0 aliphatic carbocycles. The molecule has 2 atom stereocenters. The number of nitrogens with zero attached hydrogens (tertiary/aromatic N) is 1. The molecule has 1 aliphatic rings. The van der Waals surface area contributed by atoms with E-state index in [0.717, 1.165) is 0 Å². The average molecular weight is 344 g/mol. The molecule has 0 aromatic carbocycles. The van der Waals surface area contributed by atoms with Gasteiger partial charge >= 0.3 is 18.0 Å². The third-order valence-corrected chi connectivity index (χ3v) is 3.44. The number of rotatable bonds is 5. The first kappa shape index (κ1) is 19.7. The van der Waals surface area contributed by atoms with Gasteiger partial charge < -0.3 is 25.2 Å². The third kappa shape index (κ3) is 6.43. The quantitative estimate of drug-likeness (QED) is 0.667. The van der Waals surface area contributed by atoms with Crippen LogP contribution in [0.1, 0.15) is 40.0 Å². The maximum Gasteiger partial charge on any atom is 0.410 e. The standard InChI is InChI=1S/C15H24N2O7/c1-15(2,3)24-14(23)17-6-4-5-9(8-17)12(20)16-10(13(21)22)7-11(18)19/h9-10H,4-8H2,1-3H3,(H,16,20)(H,18,19)(H,21,22). The van der Waals surface area contributed by atoms with Crippen LogP contribution in [0.5, 0.6) is 0 Å². The van der Waals surface area contributed by atoms with Crippen LogP contribution < -0.4 is 5.32 Å². The summed E-state index contributed by atoms with van der Waals surface area (Å²) >= 11 is 0. The van der Waals surface area contributed by atoms with Crippen LogP contribution in [0, 0.1) is 5.92 Å². The van der Waals surface area contributed by atoms with Gasteiger partial charge in [0.25, 0.3) is 0 Å². The highest BCUT2D eigenvalue weighted by molar-refractivity contribution is 5.88. The second kappa shape index (κ2) is 7.98. The molecule has 0 bridgehead atoms. The number of piperidine rings is 1. The van der Waals surface area contributed by atoms with Crippen molar-refractivity contribution in [3.05, 3.63) is 0 Å². The summed E-state index contributed by atoms with van der Waals surface area (Å²) in [4.78, 5) is 47.4. The van der Waals surface area contributed by atoms with E-state index in [-0.39, 0.29) is 6.54 Å². The van der Waals surface area contributed by atoms with E-state index < -0.39 is 47.9 Å². The Morgan fingerprint density at radius 2 is 1.88 bits per heavy atom. The second-order valence-corrected chi connectivity index (χ2v) is 6.76. The Morgan fingerprint density at radius 1 is 1.25 bits per heavy atom. The van der Waals surface area contributed by atoms with Crippen molar-refractivity contribution in [2.75, 3.05) is 13.1 Å². The summed E-state index contributed by atoms with van der Waals surface area (Å²) < 4.78 is 5.26. The SMILES string of the molecule is CC(C)(C)OC(=O)N1CCCC(C(=O)NC(CC(=O)O)C(=O)O)C1. The first-order chi connectivity index (χ1) is 11.0. The van der Waals surface area contributed by atoms with Gasteiger partial charge in [-0.25, -0.2) is 9.59 Å². The summed E-state index contributed by atoms with van der Waals surface area (Å²) in [6.45, 7) is 5.78. The normalized spacial score (nSPS) is 19.3. The van der Waals surface area contributed by atoms with E-state index in [1.165, 1.54) is 4.90 Å². The summed E-state index contributed by atoms with van der Waals surface area (Å²) in [6.07, 6.45) is -0.164. The third-order valence-electron chi connectivity index (χ3n) is 3.44. The van der Waals surface area contributed by atoms with Gasteiger partial charge in [0, 0.05) is 13.1 Å². The van der Waals surface area contributed by atoms with Crippen LogP contribution in [0.2, 0.25) is 0 Å². The van der Waals surface area contributed by atoms with E-state index >= 15 is 0 Å². The van der Waals surface area contributed by atoms with Gasteiger partial charge in [-0.3, -0.25) is 9.59 Å². The zero-order valence-corrected chi connectivity index (χ0v) is 14.1. The molecule has 1 rings (SSSR count). The van der Waals surface area contributed by atoms with E-state index in [2.05, 4.69) is 5.32 Å². The number of carbonyl (C=O) groups excluding carboxylic acids is 2. The van der Waals surface area contributed by atoms with Crippen molar-refractivity contribution in [1.29, 1.82) is 0 Å². The molecule has 136 valence electrons. The molecule has 1 saturated heterocycles. The molecule has 2 unspecified atom stereocenters. The minimum absolute atomic E-state index is 0.111. The highest BCUT2D eigenvalue weighted by Crippen LogP contribution is 2.19. The number of likely N-dealkylation sites (tertiary alicyclic amines) is 1. The van der Waals surface area contributed by atoms with Crippen molar-refractivity contribution in [2.45, 2.75) is 51.7 Å². The zero-order chi connectivity index (χ0) is 18.5. The average Bonchev–Trinajstić information content (AvgIpc) is 2.44. The smallest absolute Gasteiger partial charge is 0.410 e. The first-order valence-electron chi connectivity index (χ1n) is 7.72. The van der Waals surface area contributed by atoms with E-state index in [4.69, 9.17) is 14.9 Å². The lowest BCUT2D eigenvalue weighted by molar-refractivity contribution is -0.147. The fourth-order valence-electron chi connectivity index (χ4n) is 2.35. The van der Waals surface area contributed by atoms with Crippen LogP contribution in [0.4, 0.5) is 4.79 Å². The van der Waals surface area contributed by atoms with Gasteiger partial charge in [-0.15, -0.1) is 0 Å². The van der Waals surface area contributed by atoms with E-state index in [0.29, 0.717) is 19.4 Å². The monoisotopic (exact) mass is 344 g/mol. The van der Waals surface area contributed by atoms with Crippen LogP contribution in [-0.2, 0) is 19.1 Å². The summed E-state index contributed by atoms with van der Waals surface area (Å²) in [5.74, 6) is -3.90. The number of amides is 2. The predicted octanol–water partition coefficient (Wildman–Crippen LogP) is 0.678. The molecule has 3 N–H and O–H groups in total. The number of hydrogen-bond donors (Lipinski definition) is 3. The maximum absolute atomic E-state index is 12.2. The highest BCUT2D eigenvalue weighted by Gasteiger charge is 2.33. The Bertz CT molecular complexity index is 512. The molecule has 9 heteroatoms. The number of carbonyl (C=O) groups is 4. The summed E-state index contributed by atoms with van der Waals surface area (Å²) in [5.41, 5.74) is -0.651. The molecule has 1 aliphatic heterocycles. The van der Waals surface area contributed by atoms with Crippen molar-refractivity contribution < 1.29 is 34.1 Å². The van der Waals surface area contributed by atoms with Gasteiger partial charge in [-0.2, -0.15) is 0 Å². The summed E-state index contributed by atoms with van der Waals surface area (Å²) in [5, 5.41) is 19.9. The summed E-state index contributed by atoms with van der Waals surface area (Å²) in [7, 11) is 0. The number of carboxylic acid groups (broad SMARTS) is 2. The van der Waals surface area contributed by atoms with Crippen molar-refractivity contribution in [1.82, 2.24) is 10.2 Å². The predicted molar refractivity (Wildman–Crippen MR) is 82.4 cm³/mol. The van der Waals surface area contributed by atoms with Crippen molar-refractivity contribution in [3.63, 3.8) is 0 Å². The second-order valence-electron chi connectivity index (χ2n) is 6.76. The maximum atomic E-state index is 12.2. The lowest BCUT2D eigenvalue weighted by atomic mass is 9.97. The lowest BCUT2D eigenvalue weighted by Crippen LogP contribution is -2.50. The van der Waals surface area contributed by atoms with Crippen molar-refractivity contribution in [2.24, 2.45) is 5.92 Å². The Balaban J connectivity index is 2.65. The molecular weight excluding hydrogens is 320 g/mol. The minimum Gasteiger partial charge on any atom is -0.481 e. The Hall–Kier alpha value is -2.32. The molecule has 0 radical (unpaired) electrons. The van der Waals surface area contributed by atoms with Crippen LogP contribution in [-0.4, -0.2) is 63.8 Å². The molecule has 1 heterocycles. The molecule has 1 fully saturated rings. The molecule has 2 amide bonds. The van der Waals surface area contributed by atoms with Crippen LogP contribution in [0.15, 0.2) is 0 Å². The van der Waals surface area contributed by atoms with Gasteiger partial charge in [-0.05, 0) is 33.6 Å². The molecule has 24 heavy (non-hydrogen) atoms. The number of aliphatic carboxylic acids is 2. The largest absolute Gasteiger partial charge is 0.481 e. The van der Waals surface area contributed by atoms with Gasteiger partial charge in [0.05, 0.1) is 12.3 Å². The molecule has 9 nitrogen and oxygen atoms in total. The Labute approximate surface area is 140 Å². The lowest BCUT2D eigenvalue weighted by Gasteiger charge is -2.33. The zero-order valence-electron chi connectivity index (χ0n) is 14.1. The molecule has 0 saturated carbocycles. The molecule has 0 aromatic heterocycles. The van der Waals surface area contributed by atoms with Crippen molar-refractivity contribution in [3.8, 4) is 0 Å². The van der Waals surface area contributed by atoms with Crippen LogP contribution in [0.25, 0.3) is 0 Å². The number of nitrogens with one attached hydrogen (secondary N) is 1. The fraction of sp³-hybridized carbons (Fsp3) is 0.733. The van der Waals surface area contributed by atoms with Crippen LogP contribution in [0.3, 0.4) is 0 Å². The number of carboxylic acids is 2. The van der Waals surface area contributed by atoms with E-state index in [1.54, 1.807) is 20.8 Å². The van der Waals surface area contributed by atoms with Gasteiger partial charge in [0.1, 0.15) is 11.6 Å². The number of ether oxygens (including phenoxy) is 1. The van der Waals surface area contributed by atoms with E-state index in [9.17, 15) is 19.2 Å². The van der Waals surface area contributed by atoms with Gasteiger partial charge in [0.15, 0.2) is 0 Å². The van der Waals surface area contributed by atoms with Gasteiger partial charge in [-0.1, -0.05) is 0 Å². The molecular formula is C15H24N2O7. The minimum atomic E-state index is -1.49. The number of hydrogen-bond acceptors (Lipinski definition) is 5. The van der Waals surface area contributed by atoms with Crippen LogP contribution >= 0.6 is 0 Å². The van der Waals surface area contributed by atoms with Gasteiger partial charge in [0.2, 0.25) is 5.91 Å². The first-order valence-corrected chi connectivity index (χ1v) is 7.72. The van der Waals surface area contributed by atoms with E-state index in [1.807, 2.05) is 0 Å². The fourth-order valence-corrected chi connectivity index (χ4v) is 2.35. The topological polar surface area (TPSA) is 133 Å². The Morgan fingerprint density at radius 3 is 2.38 bits per heavy atom. The highest BCUT2D eigenvalue weighted by atomic mass is 16.6. The van der Waals surface area contributed by atoms with Crippen molar-refractivity contribution >= 4 is 23.9 Å². The summed E-state index contributed by atoms with van der Waals surface area (Å²) in [6, 6.07) is -1.49. The Kier molecular flexibility index (Phi) is 6.56. The molecule has 0 spiro atoms. The molecule has 0 aromatic rings.